The lowest BCUT2D eigenvalue weighted by atomic mass is 10.3. The molecule has 4 rings (SSSR count). The maximum atomic E-state index is 14.4. The Morgan fingerprint density at radius 2 is 2.00 bits per heavy atom. The van der Waals surface area contributed by atoms with Crippen molar-refractivity contribution in [2.75, 3.05) is 0 Å². The molecule has 0 bridgehead atoms. The van der Waals surface area contributed by atoms with Gasteiger partial charge in [-0.3, -0.25) is 14.2 Å². The van der Waals surface area contributed by atoms with Crippen LogP contribution >= 0.6 is 0 Å². The van der Waals surface area contributed by atoms with Crippen molar-refractivity contribution in [2.24, 2.45) is 0 Å². The lowest BCUT2D eigenvalue weighted by Gasteiger charge is -2.02. The van der Waals surface area contributed by atoms with Crippen molar-refractivity contribution in [1.82, 2.24) is 23.8 Å². The Hall–Kier alpha value is -3.09. The molecule has 0 N–H and O–H groups in total. The van der Waals surface area contributed by atoms with E-state index in [2.05, 4.69) is 15.0 Å². The van der Waals surface area contributed by atoms with Gasteiger partial charge in [0.15, 0.2) is 5.65 Å². The largest absolute Gasteiger partial charge is 0.303 e. The zero-order valence-corrected chi connectivity index (χ0v) is 11.6. The summed E-state index contributed by atoms with van der Waals surface area (Å²) in [6.45, 7) is 1.85. The van der Waals surface area contributed by atoms with Gasteiger partial charge in [0.05, 0.1) is 11.9 Å². The van der Waals surface area contributed by atoms with Gasteiger partial charge in [-0.25, -0.2) is 9.97 Å². The second-order valence-electron chi connectivity index (χ2n) is 4.93. The maximum absolute atomic E-state index is 14.4. The van der Waals surface area contributed by atoms with Crippen LogP contribution in [0.2, 0.25) is 0 Å². The summed E-state index contributed by atoms with van der Waals surface area (Å²) in [4.78, 5) is 24.7. The van der Waals surface area contributed by atoms with Crippen LogP contribution in [0.3, 0.4) is 0 Å². The number of fused-ring (bicyclic) bond motifs is 2. The number of aryl methyl sites for hydroxylation is 1. The Bertz CT molecular complexity index is 1080. The number of rotatable bonds is 1. The van der Waals surface area contributed by atoms with E-state index in [1.54, 1.807) is 41.2 Å². The third-order valence-corrected chi connectivity index (χ3v) is 3.39. The molecule has 0 unspecified atom stereocenters. The summed E-state index contributed by atoms with van der Waals surface area (Å²) >= 11 is 0. The first-order valence-electron chi connectivity index (χ1n) is 6.62. The first-order chi connectivity index (χ1) is 10.6. The van der Waals surface area contributed by atoms with E-state index in [0.29, 0.717) is 17.0 Å². The highest BCUT2D eigenvalue weighted by atomic mass is 19.1. The van der Waals surface area contributed by atoms with Gasteiger partial charge >= 0.3 is 0 Å². The number of pyridine rings is 1. The Balaban J connectivity index is 2.03. The third-order valence-electron chi connectivity index (χ3n) is 3.39. The fourth-order valence-corrected chi connectivity index (χ4v) is 2.35. The number of hydrogen-bond acceptors (Lipinski definition) is 4. The van der Waals surface area contributed by atoms with Crippen molar-refractivity contribution in [3.05, 3.63) is 64.9 Å². The number of nitrogens with zero attached hydrogens (tertiary/aromatic N) is 5. The number of halogens is 1. The van der Waals surface area contributed by atoms with E-state index in [0.717, 1.165) is 5.69 Å². The van der Waals surface area contributed by atoms with Crippen molar-refractivity contribution < 1.29 is 4.39 Å². The number of imidazole rings is 1. The van der Waals surface area contributed by atoms with Gasteiger partial charge in [0, 0.05) is 18.6 Å². The highest BCUT2D eigenvalue weighted by Gasteiger charge is 2.16. The van der Waals surface area contributed by atoms with Crippen LogP contribution in [0.5, 0.6) is 0 Å². The molecule has 0 aliphatic carbocycles. The minimum atomic E-state index is -0.920. The van der Waals surface area contributed by atoms with Gasteiger partial charge in [-0.1, -0.05) is 6.07 Å². The van der Waals surface area contributed by atoms with Crippen LogP contribution in [0.15, 0.2) is 47.8 Å². The summed E-state index contributed by atoms with van der Waals surface area (Å²) < 4.78 is 17.3. The quantitative estimate of drug-likeness (QED) is 0.537. The summed E-state index contributed by atoms with van der Waals surface area (Å²) in [6, 6.07) is 5.03. The normalized spacial score (nSPS) is 11.4. The van der Waals surface area contributed by atoms with Crippen LogP contribution in [-0.2, 0) is 0 Å². The first kappa shape index (κ1) is 12.6. The second-order valence-corrected chi connectivity index (χ2v) is 4.93. The van der Waals surface area contributed by atoms with Crippen LogP contribution in [0, 0.1) is 12.7 Å². The molecule has 6 nitrogen and oxygen atoms in total. The van der Waals surface area contributed by atoms with E-state index < -0.39 is 11.4 Å². The molecule has 22 heavy (non-hydrogen) atoms. The lowest BCUT2D eigenvalue weighted by molar-refractivity contribution is 0.601. The van der Waals surface area contributed by atoms with Gasteiger partial charge in [-0.15, -0.1) is 0 Å². The topological polar surface area (TPSA) is 64.6 Å². The van der Waals surface area contributed by atoms with Gasteiger partial charge < -0.3 is 4.40 Å². The van der Waals surface area contributed by atoms with Crippen molar-refractivity contribution in [2.45, 2.75) is 6.92 Å². The standard InChI is InChI=1S/C15H10FN5O/c1-9-7-20-8-10(18-12(20)6-17-9)14-13(16)15(22)21-5-3-2-4-11(21)19-14/h2-8H,1H3. The smallest absolute Gasteiger partial charge is 0.294 e. The fourth-order valence-electron chi connectivity index (χ4n) is 2.35. The molecule has 108 valence electrons. The fraction of sp³-hybridized carbons (Fsp3) is 0.0667. The third kappa shape index (κ3) is 1.79. The first-order valence-corrected chi connectivity index (χ1v) is 6.62. The van der Waals surface area contributed by atoms with Crippen molar-refractivity contribution >= 4 is 11.3 Å². The zero-order valence-electron chi connectivity index (χ0n) is 11.6. The molecule has 0 amide bonds. The highest BCUT2D eigenvalue weighted by molar-refractivity contribution is 5.61. The summed E-state index contributed by atoms with van der Waals surface area (Å²) in [5.41, 5.74) is 1.24. The number of hydrogen-bond donors (Lipinski definition) is 0. The van der Waals surface area contributed by atoms with Crippen LogP contribution in [-0.4, -0.2) is 23.8 Å². The SMILES string of the molecule is Cc1cn2cc(-c3nc4ccccn4c(=O)c3F)nc2cn1. The Kier molecular flexibility index (Phi) is 2.56. The molecular weight excluding hydrogens is 285 g/mol. The summed E-state index contributed by atoms with van der Waals surface area (Å²) in [7, 11) is 0. The van der Waals surface area contributed by atoms with Gasteiger partial charge in [0.1, 0.15) is 17.0 Å². The van der Waals surface area contributed by atoms with Gasteiger partial charge in [0.2, 0.25) is 5.82 Å². The van der Waals surface area contributed by atoms with E-state index in [9.17, 15) is 9.18 Å². The van der Waals surface area contributed by atoms with Crippen molar-refractivity contribution in [3.8, 4) is 11.4 Å². The maximum Gasteiger partial charge on any atom is 0.294 e. The zero-order chi connectivity index (χ0) is 15.3. The number of aromatic nitrogens is 5. The molecule has 0 atom stereocenters. The predicted octanol–water partition coefficient (Wildman–Crippen LogP) is 1.85. The lowest BCUT2D eigenvalue weighted by Crippen LogP contribution is -2.19. The van der Waals surface area contributed by atoms with Crippen LogP contribution in [0.1, 0.15) is 5.69 Å². The minimum Gasteiger partial charge on any atom is -0.303 e. The van der Waals surface area contributed by atoms with E-state index in [1.807, 2.05) is 6.92 Å². The highest BCUT2D eigenvalue weighted by Crippen LogP contribution is 2.19. The second kappa shape index (κ2) is 4.45. The van der Waals surface area contributed by atoms with Crippen LogP contribution < -0.4 is 5.56 Å². The van der Waals surface area contributed by atoms with Crippen LogP contribution in [0.4, 0.5) is 4.39 Å². The minimum absolute atomic E-state index is 0.0578. The molecule has 0 aliphatic rings. The molecule has 0 spiro atoms. The Morgan fingerprint density at radius 3 is 2.86 bits per heavy atom. The molecule has 0 aliphatic heterocycles. The summed E-state index contributed by atoms with van der Waals surface area (Å²) in [5.74, 6) is -0.920. The summed E-state index contributed by atoms with van der Waals surface area (Å²) in [6.07, 6.45) is 6.48. The molecule has 4 aromatic rings. The molecule has 0 saturated heterocycles. The predicted molar refractivity (Wildman–Crippen MR) is 78.1 cm³/mol. The summed E-state index contributed by atoms with van der Waals surface area (Å²) in [5, 5.41) is 0. The monoisotopic (exact) mass is 295 g/mol. The van der Waals surface area contributed by atoms with Gasteiger partial charge in [-0.2, -0.15) is 4.39 Å². The average Bonchev–Trinajstić information content (AvgIpc) is 2.93. The van der Waals surface area contributed by atoms with Gasteiger partial charge in [-0.05, 0) is 19.1 Å². The molecule has 0 aromatic carbocycles. The molecule has 7 heteroatoms. The average molecular weight is 295 g/mol. The van der Waals surface area contributed by atoms with Gasteiger partial charge in [0.25, 0.3) is 5.56 Å². The van der Waals surface area contributed by atoms with Crippen molar-refractivity contribution in [1.29, 1.82) is 0 Å². The molecule has 0 saturated carbocycles. The molecule has 0 fully saturated rings. The Labute approximate surface area is 123 Å². The van der Waals surface area contributed by atoms with E-state index in [-0.39, 0.29) is 5.69 Å². The Morgan fingerprint density at radius 1 is 1.14 bits per heavy atom. The van der Waals surface area contributed by atoms with Crippen molar-refractivity contribution in [3.63, 3.8) is 0 Å². The molecule has 0 radical (unpaired) electrons. The van der Waals surface area contributed by atoms with E-state index >= 15 is 0 Å². The molecular formula is C15H10FN5O. The van der Waals surface area contributed by atoms with E-state index in [4.69, 9.17) is 0 Å². The molecule has 4 heterocycles. The molecule has 4 aromatic heterocycles. The van der Waals surface area contributed by atoms with Crippen LogP contribution in [0.25, 0.3) is 22.7 Å². The van der Waals surface area contributed by atoms with E-state index in [1.165, 1.54) is 10.6 Å².